The summed E-state index contributed by atoms with van der Waals surface area (Å²) in [5.74, 6) is -1.30. The van der Waals surface area contributed by atoms with Gasteiger partial charge in [0.15, 0.2) is 11.5 Å². The lowest BCUT2D eigenvalue weighted by Crippen LogP contribution is -2.30. The van der Waals surface area contributed by atoms with Crippen molar-refractivity contribution < 1.29 is 18.7 Å². The molecule has 0 saturated carbocycles. The second-order valence-corrected chi connectivity index (χ2v) is 6.90. The summed E-state index contributed by atoms with van der Waals surface area (Å²) in [6.45, 7) is 5.62. The molecule has 6 nitrogen and oxygen atoms in total. The molecule has 0 aliphatic rings. The highest BCUT2D eigenvalue weighted by molar-refractivity contribution is 5.97. The number of esters is 1. The third-order valence-electron chi connectivity index (χ3n) is 4.85. The summed E-state index contributed by atoms with van der Waals surface area (Å²) in [7, 11) is 0. The lowest BCUT2D eigenvalue weighted by atomic mass is 9.97. The summed E-state index contributed by atoms with van der Waals surface area (Å²) in [4.78, 5) is 37.1. The Balaban J connectivity index is 1.73. The van der Waals surface area contributed by atoms with Crippen molar-refractivity contribution in [3.8, 4) is 0 Å². The van der Waals surface area contributed by atoms with E-state index in [0.29, 0.717) is 11.1 Å². The number of benzene rings is 2. The van der Waals surface area contributed by atoms with Crippen LogP contribution in [-0.2, 0) is 9.53 Å². The van der Waals surface area contributed by atoms with Gasteiger partial charge in [-0.15, -0.1) is 0 Å². The van der Waals surface area contributed by atoms with E-state index in [1.54, 1.807) is 24.3 Å². The lowest BCUT2D eigenvalue weighted by molar-refractivity contribution is -0.123. The number of rotatable bonds is 6. The summed E-state index contributed by atoms with van der Waals surface area (Å²) in [6.07, 6.45) is -0.137. The fourth-order valence-electron chi connectivity index (χ4n) is 2.97. The third kappa shape index (κ3) is 4.54. The number of anilines is 1. The predicted octanol–water partition coefficient (Wildman–Crippen LogP) is 4.49. The van der Waals surface area contributed by atoms with Crippen molar-refractivity contribution in [2.45, 2.75) is 39.2 Å². The molecule has 1 aromatic heterocycles. The zero-order valence-electron chi connectivity index (χ0n) is 16.6. The molecule has 6 heteroatoms. The van der Waals surface area contributed by atoms with Crippen LogP contribution in [0.5, 0.6) is 0 Å². The van der Waals surface area contributed by atoms with E-state index in [4.69, 9.17) is 9.15 Å². The van der Waals surface area contributed by atoms with Gasteiger partial charge in [0.1, 0.15) is 5.58 Å². The van der Waals surface area contributed by atoms with Crippen LogP contribution in [-0.4, -0.2) is 18.0 Å². The molecule has 0 saturated heterocycles. The second kappa shape index (κ2) is 8.73. The molecule has 2 aromatic carbocycles. The first-order valence-corrected chi connectivity index (χ1v) is 9.54. The van der Waals surface area contributed by atoms with E-state index < -0.39 is 18.0 Å². The summed E-state index contributed by atoms with van der Waals surface area (Å²) in [5, 5.41) is 3.19. The van der Waals surface area contributed by atoms with E-state index in [0.717, 1.165) is 18.1 Å². The molecule has 1 heterocycles. The van der Waals surface area contributed by atoms with Crippen LogP contribution < -0.4 is 10.7 Å². The quantitative estimate of drug-likeness (QED) is 0.624. The molecule has 0 spiro atoms. The van der Waals surface area contributed by atoms with Crippen molar-refractivity contribution in [1.29, 1.82) is 0 Å². The number of hydrogen-bond acceptors (Lipinski definition) is 5. The van der Waals surface area contributed by atoms with Crippen LogP contribution in [0.1, 0.15) is 49.2 Å². The Morgan fingerprint density at radius 1 is 1.07 bits per heavy atom. The third-order valence-corrected chi connectivity index (χ3v) is 4.85. The number of carbonyl (C=O) groups is 2. The minimum atomic E-state index is -1.07. The standard InChI is InChI=1S/C23H23NO5/c1-4-14(2)16-9-5-7-11-18(16)24-22(26)15(3)28-23(27)21-13-19(25)17-10-6-8-12-20(17)29-21/h5-15H,4H2,1-3H3,(H,24,26)/t14-,15+/m1/s1. The maximum atomic E-state index is 12.5. The van der Waals surface area contributed by atoms with E-state index in [1.165, 1.54) is 6.92 Å². The van der Waals surface area contributed by atoms with Gasteiger partial charge in [-0.1, -0.05) is 44.2 Å². The van der Waals surface area contributed by atoms with Gasteiger partial charge in [-0.05, 0) is 43.0 Å². The van der Waals surface area contributed by atoms with Crippen molar-refractivity contribution in [3.63, 3.8) is 0 Å². The van der Waals surface area contributed by atoms with Crippen LogP contribution in [0.25, 0.3) is 11.0 Å². The average Bonchev–Trinajstić information content (AvgIpc) is 2.73. The van der Waals surface area contributed by atoms with Crippen LogP contribution in [0.3, 0.4) is 0 Å². The van der Waals surface area contributed by atoms with Crippen LogP contribution in [0.4, 0.5) is 5.69 Å². The van der Waals surface area contributed by atoms with Gasteiger partial charge >= 0.3 is 5.97 Å². The molecule has 29 heavy (non-hydrogen) atoms. The summed E-state index contributed by atoms with van der Waals surface area (Å²) in [6, 6.07) is 15.2. The van der Waals surface area contributed by atoms with Crippen molar-refractivity contribution in [2.24, 2.45) is 0 Å². The first-order chi connectivity index (χ1) is 13.9. The molecule has 0 aliphatic carbocycles. The number of amides is 1. The Bertz CT molecular complexity index is 1100. The fraction of sp³-hybridized carbons (Fsp3) is 0.261. The number of fused-ring (bicyclic) bond motifs is 1. The number of hydrogen-bond donors (Lipinski definition) is 1. The Morgan fingerprint density at radius 3 is 2.52 bits per heavy atom. The van der Waals surface area contributed by atoms with Crippen LogP contribution in [0, 0.1) is 0 Å². The largest absolute Gasteiger partial charge is 0.449 e. The zero-order chi connectivity index (χ0) is 21.0. The van der Waals surface area contributed by atoms with Gasteiger partial charge in [-0.2, -0.15) is 0 Å². The molecular weight excluding hydrogens is 370 g/mol. The Morgan fingerprint density at radius 2 is 1.76 bits per heavy atom. The molecule has 0 unspecified atom stereocenters. The van der Waals surface area contributed by atoms with Gasteiger partial charge in [-0.3, -0.25) is 9.59 Å². The summed E-state index contributed by atoms with van der Waals surface area (Å²) in [5.41, 5.74) is 1.64. The summed E-state index contributed by atoms with van der Waals surface area (Å²) >= 11 is 0. The van der Waals surface area contributed by atoms with Gasteiger partial charge in [0.25, 0.3) is 5.91 Å². The molecule has 150 valence electrons. The Kier molecular flexibility index (Phi) is 6.12. The van der Waals surface area contributed by atoms with Crippen molar-refractivity contribution in [1.82, 2.24) is 0 Å². The molecule has 1 amide bonds. The normalized spacial score (nSPS) is 12.9. The molecule has 3 aromatic rings. The minimum absolute atomic E-state index is 0.242. The SMILES string of the molecule is CC[C@@H](C)c1ccccc1NC(=O)[C@H](C)OC(=O)c1cc(=O)c2ccccc2o1. The van der Waals surface area contributed by atoms with Crippen LogP contribution in [0.2, 0.25) is 0 Å². The van der Waals surface area contributed by atoms with Gasteiger partial charge in [0.2, 0.25) is 5.76 Å². The molecule has 0 fully saturated rings. The van der Waals surface area contributed by atoms with Crippen molar-refractivity contribution in [2.75, 3.05) is 5.32 Å². The molecule has 0 bridgehead atoms. The number of ether oxygens (including phenoxy) is 1. The van der Waals surface area contributed by atoms with Gasteiger partial charge in [0, 0.05) is 11.8 Å². The van der Waals surface area contributed by atoms with E-state index >= 15 is 0 Å². The Labute approximate surface area is 168 Å². The smallest absolute Gasteiger partial charge is 0.375 e. The average molecular weight is 393 g/mol. The zero-order valence-corrected chi connectivity index (χ0v) is 16.6. The van der Waals surface area contributed by atoms with Gasteiger partial charge in [0.05, 0.1) is 5.39 Å². The molecule has 0 radical (unpaired) electrons. The molecule has 2 atom stereocenters. The Hall–Kier alpha value is -3.41. The topological polar surface area (TPSA) is 85.6 Å². The maximum absolute atomic E-state index is 12.5. The van der Waals surface area contributed by atoms with Gasteiger partial charge < -0.3 is 14.5 Å². The molecular formula is C23H23NO5. The van der Waals surface area contributed by atoms with Crippen LogP contribution in [0.15, 0.2) is 63.8 Å². The van der Waals surface area contributed by atoms with Gasteiger partial charge in [-0.25, -0.2) is 4.79 Å². The molecule has 0 aliphatic heterocycles. The maximum Gasteiger partial charge on any atom is 0.375 e. The lowest BCUT2D eigenvalue weighted by Gasteiger charge is -2.18. The van der Waals surface area contributed by atoms with E-state index in [-0.39, 0.29) is 22.7 Å². The fourth-order valence-corrected chi connectivity index (χ4v) is 2.97. The monoisotopic (exact) mass is 393 g/mol. The van der Waals surface area contributed by atoms with Crippen molar-refractivity contribution in [3.05, 3.63) is 76.1 Å². The van der Waals surface area contributed by atoms with E-state index in [1.807, 2.05) is 24.3 Å². The summed E-state index contributed by atoms with van der Waals surface area (Å²) < 4.78 is 10.7. The first kappa shape index (κ1) is 20.3. The number of nitrogens with one attached hydrogen (secondary N) is 1. The first-order valence-electron chi connectivity index (χ1n) is 9.54. The predicted molar refractivity (Wildman–Crippen MR) is 111 cm³/mol. The van der Waals surface area contributed by atoms with Crippen LogP contribution >= 0.6 is 0 Å². The molecule has 3 rings (SSSR count). The highest BCUT2D eigenvalue weighted by Gasteiger charge is 2.22. The highest BCUT2D eigenvalue weighted by atomic mass is 16.6. The van der Waals surface area contributed by atoms with E-state index in [9.17, 15) is 14.4 Å². The minimum Gasteiger partial charge on any atom is -0.449 e. The highest BCUT2D eigenvalue weighted by Crippen LogP contribution is 2.26. The number of carbonyl (C=O) groups excluding carboxylic acids is 2. The number of para-hydroxylation sites is 2. The van der Waals surface area contributed by atoms with E-state index in [2.05, 4.69) is 19.2 Å². The van der Waals surface area contributed by atoms with Crippen molar-refractivity contribution >= 4 is 28.5 Å². The molecule has 1 N–H and O–H groups in total. The second-order valence-electron chi connectivity index (χ2n) is 6.90.